The van der Waals surface area contributed by atoms with Gasteiger partial charge in [-0.25, -0.2) is 4.79 Å². The van der Waals surface area contributed by atoms with Gasteiger partial charge in [0.25, 0.3) is 10.2 Å². The fourth-order valence-electron chi connectivity index (χ4n) is 1.45. The number of hydrogen-bond donors (Lipinski definition) is 0. The highest BCUT2D eigenvalue weighted by Gasteiger charge is 2.24. The fraction of sp³-hybridized carbons (Fsp3) is 0.917. The third kappa shape index (κ3) is 10.1. The number of ether oxygens (including phenoxy) is 2. The molecule has 11 heteroatoms. The minimum Gasteiger partial charge on any atom is -0.434 e. The molecule has 23 heavy (non-hydrogen) atoms. The van der Waals surface area contributed by atoms with Crippen LogP contribution in [0.2, 0.25) is 0 Å². The molecule has 0 heterocycles. The van der Waals surface area contributed by atoms with Gasteiger partial charge in [0, 0.05) is 0 Å². The third-order valence-corrected chi connectivity index (χ3v) is 3.07. The summed E-state index contributed by atoms with van der Waals surface area (Å²) in [4.78, 5) is 40.6. The number of carbonyl (C=O) groups excluding carboxylic acids is 1. The maximum absolute atomic E-state index is 11.4. The number of carbonyl (C=O) groups is 1. The van der Waals surface area contributed by atoms with Crippen molar-refractivity contribution in [2.45, 2.75) is 58.8 Å². The second-order valence-corrected chi connectivity index (χ2v) is 5.21. The van der Waals surface area contributed by atoms with E-state index in [0.717, 1.165) is 0 Å². The zero-order chi connectivity index (χ0) is 18.0. The van der Waals surface area contributed by atoms with Crippen molar-refractivity contribution in [2.75, 3.05) is 6.61 Å². The van der Waals surface area contributed by atoms with Gasteiger partial charge in [-0.3, -0.25) is 0 Å². The van der Waals surface area contributed by atoms with E-state index in [9.17, 15) is 25.0 Å². The molecular weight excluding hydrogens is 316 g/mol. The monoisotopic (exact) mass is 338 g/mol. The molecule has 0 aliphatic heterocycles. The number of rotatable bonds is 11. The molecule has 0 spiro atoms. The van der Waals surface area contributed by atoms with E-state index in [1.165, 1.54) is 6.92 Å². The van der Waals surface area contributed by atoms with E-state index in [0.29, 0.717) is 0 Å². The topological polar surface area (TPSA) is 140 Å². The Hall–Kier alpha value is -2.33. The summed E-state index contributed by atoms with van der Waals surface area (Å²) in [6.45, 7) is 6.70. The Morgan fingerprint density at radius 2 is 1.57 bits per heavy atom. The second-order valence-electron chi connectivity index (χ2n) is 5.21. The van der Waals surface area contributed by atoms with Crippen molar-refractivity contribution in [3.05, 3.63) is 20.2 Å². The van der Waals surface area contributed by atoms with E-state index in [1.54, 1.807) is 6.92 Å². The molecule has 11 nitrogen and oxygen atoms in total. The first-order valence-corrected chi connectivity index (χ1v) is 7.09. The molecule has 0 N–H and O–H groups in total. The lowest BCUT2D eigenvalue weighted by Gasteiger charge is -2.20. The molecule has 0 bridgehead atoms. The molecule has 0 rings (SSSR count). The zero-order valence-corrected chi connectivity index (χ0v) is 13.5. The number of nitrogens with zero attached hydrogens (tertiary/aromatic N) is 2. The van der Waals surface area contributed by atoms with Crippen LogP contribution >= 0.6 is 0 Å². The average molecular weight is 338 g/mol. The van der Waals surface area contributed by atoms with Crippen LogP contribution in [0, 0.1) is 26.1 Å². The van der Waals surface area contributed by atoms with Gasteiger partial charge in [-0.2, -0.15) is 0 Å². The van der Waals surface area contributed by atoms with E-state index in [1.807, 2.05) is 13.8 Å². The average Bonchev–Trinajstić information content (AvgIpc) is 2.40. The minimum absolute atomic E-state index is 0.0308. The van der Waals surface area contributed by atoms with Crippen molar-refractivity contribution in [3.63, 3.8) is 0 Å². The minimum atomic E-state index is -1.15. The number of hydrogen-bond acceptors (Lipinski definition) is 9. The van der Waals surface area contributed by atoms with Crippen LogP contribution in [0.25, 0.3) is 0 Å². The maximum atomic E-state index is 11.4. The summed E-state index contributed by atoms with van der Waals surface area (Å²) >= 11 is 0. The van der Waals surface area contributed by atoms with Crippen molar-refractivity contribution in [1.29, 1.82) is 0 Å². The van der Waals surface area contributed by atoms with Crippen LogP contribution in [0.15, 0.2) is 0 Å². The van der Waals surface area contributed by atoms with Crippen LogP contribution in [0.4, 0.5) is 4.79 Å². The van der Waals surface area contributed by atoms with Gasteiger partial charge in [0.15, 0.2) is 0 Å². The summed E-state index contributed by atoms with van der Waals surface area (Å²) in [5.74, 6) is 0.139. The van der Waals surface area contributed by atoms with Crippen LogP contribution in [0.1, 0.15) is 40.5 Å². The van der Waals surface area contributed by atoms with Crippen LogP contribution in [0.3, 0.4) is 0 Å². The first-order chi connectivity index (χ1) is 10.6. The van der Waals surface area contributed by atoms with Gasteiger partial charge < -0.3 is 19.1 Å². The fourth-order valence-corrected chi connectivity index (χ4v) is 1.45. The Labute approximate surface area is 133 Å². The van der Waals surface area contributed by atoms with Gasteiger partial charge in [0.05, 0.1) is 6.61 Å². The van der Waals surface area contributed by atoms with Crippen molar-refractivity contribution in [1.82, 2.24) is 0 Å². The van der Waals surface area contributed by atoms with E-state index < -0.39 is 28.5 Å². The smallest absolute Gasteiger partial charge is 0.434 e. The Kier molecular flexibility index (Phi) is 9.35. The van der Waals surface area contributed by atoms with Crippen molar-refractivity contribution in [3.8, 4) is 0 Å². The molecule has 0 aromatic heterocycles. The summed E-state index contributed by atoms with van der Waals surface area (Å²) in [5, 5.41) is 18.5. The quantitative estimate of drug-likeness (QED) is 0.240. The van der Waals surface area contributed by atoms with Crippen molar-refractivity contribution >= 4 is 6.16 Å². The molecule has 0 aliphatic rings. The largest absolute Gasteiger partial charge is 0.508 e. The van der Waals surface area contributed by atoms with Gasteiger partial charge in [0.2, 0.25) is 0 Å². The molecule has 0 saturated heterocycles. The zero-order valence-electron chi connectivity index (χ0n) is 13.5. The molecule has 3 atom stereocenters. The molecule has 0 aromatic rings. The van der Waals surface area contributed by atoms with E-state index in [4.69, 9.17) is 9.47 Å². The Morgan fingerprint density at radius 1 is 1.00 bits per heavy atom. The molecular formula is C12H22N2O9. The second kappa shape index (κ2) is 10.4. The highest BCUT2D eigenvalue weighted by atomic mass is 17.0. The maximum Gasteiger partial charge on any atom is 0.508 e. The predicted octanol–water partition coefficient (Wildman–Crippen LogP) is 2.14. The highest BCUT2D eigenvalue weighted by Crippen LogP contribution is 2.12. The summed E-state index contributed by atoms with van der Waals surface area (Å²) < 4.78 is 9.79. The molecule has 0 aliphatic carbocycles. The Bertz CT molecular complexity index is 402. The Morgan fingerprint density at radius 3 is 2.04 bits per heavy atom. The lowest BCUT2D eigenvalue weighted by atomic mass is 10.1. The van der Waals surface area contributed by atoms with Gasteiger partial charge >= 0.3 is 6.16 Å². The normalized spacial score (nSPS) is 14.5. The van der Waals surface area contributed by atoms with Gasteiger partial charge in [-0.15, -0.1) is 20.2 Å². The lowest BCUT2D eigenvalue weighted by molar-refractivity contribution is -0.798. The third-order valence-electron chi connectivity index (χ3n) is 3.07. The van der Waals surface area contributed by atoms with Crippen LogP contribution < -0.4 is 0 Å². The lowest BCUT2D eigenvalue weighted by Crippen LogP contribution is -2.33. The summed E-state index contributed by atoms with van der Waals surface area (Å²) in [6.07, 6.45) is -3.21. The molecule has 0 amide bonds. The first-order valence-electron chi connectivity index (χ1n) is 7.09. The standard InChI is InChI=1S/C12H22N2O9/c1-8(2)9(3)21-12(15)20-7-5-6-11(23-14(18)19)10(4)22-13(16)17/h8-11H,5-7H2,1-4H3/t9?,10-,11-/m1/s1. The molecule has 0 saturated carbocycles. The van der Waals surface area contributed by atoms with Crippen LogP contribution in [-0.4, -0.2) is 41.2 Å². The summed E-state index contributed by atoms with van der Waals surface area (Å²) in [7, 11) is 0. The van der Waals surface area contributed by atoms with Gasteiger partial charge in [-0.1, -0.05) is 13.8 Å². The van der Waals surface area contributed by atoms with E-state index in [-0.39, 0.29) is 31.5 Å². The Balaban J connectivity index is 4.18. The van der Waals surface area contributed by atoms with E-state index >= 15 is 0 Å². The van der Waals surface area contributed by atoms with Crippen molar-refractivity contribution < 1.29 is 34.1 Å². The SMILES string of the molecule is CC(C)C(C)OC(=O)OCCC[C@@H](O[N+](=O)[O-])[C@@H](C)O[N+](=O)[O-]. The molecule has 134 valence electrons. The highest BCUT2D eigenvalue weighted by molar-refractivity contribution is 5.60. The molecule has 0 radical (unpaired) electrons. The van der Waals surface area contributed by atoms with Crippen LogP contribution in [-0.2, 0) is 19.1 Å². The van der Waals surface area contributed by atoms with E-state index in [2.05, 4.69) is 9.68 Å². The predicted molar refractivity (Wildman–Crippen MR) is 75.4 cm³/mol. The molecule has 0 fully saturated rings. The first kappa shape index (κ1) is 20.7. The van der Waals surface area contributed by atoms with Crippen molar-refractivity contribution in [2.24, 2.45) is 5.92 Å². The molecule has 1 unspecified atom stereocenters. The summed E-state index contributed by atoms with van der Waals surface area (Å²) in [5.41, 5.74) is 0. The molecule has 0 aromatic carbocycles. The van der Waals surface area contributed by atoms with Gasteiger partial charge in [-0.05, 0) is 32.6 Å². The van der Waals surface area contributed by atoms with Gasteiger partial charge in [0.1, 0.15) is 18.3 Å². The summed E-state index contributed by atoms with van der Waals surface area (Å²) in [6, 6.07) is 0. The van der Waals surface area contributed by atoms with Crippen LogP contribution in [0.5, 0.6) is 0 Å².